The second-order valence-corrected chi connectivity index (χ2v) is 13.3. The first kappa shape index (κ1) is 29.0. The van der Waals surface area contributed by atoms with Crippen molar-refractivity contribution in [1.29, 1.82) is 10.5 Å². The van der Waals surface area contributed by atoms with E-state index in [0.717, 1.165) is 19.1 Å². The average molecular weight is 567 g/mol. The number of carbonyl (C=O) groups excluding carboxylic acids is 2. The highest BCUT2D eigenvalue weighted by Gasteiger charge is 2.52. The molecule has 1 aliphatic heterocycles. The van der Waals surface area contributed by atoms with Crippen molar-refractivity contribution in [1.82, 2.24) is 10.2 Å². The van der Waals surface area contributed by atoms with Crippen LogP contribution in [-0.2, 0) is 25.8 Å². The highest BCUT2D eigenvalue weighted by Crippen LogP contribution is 2.43. The largest absolute Gasteiger partial charge is 0.444 e. The summed E-state index contributed by atoms with van der Waals surface area (Å²) >= 11 is 0. The molecule has 1 saturated heterocycles. The number of benzene rings is 2. The van der Waals surface area contributed by atoms with Gasteiger partial charge in [0, 0.05) is 18.7 Å². The van der Waals surface area contributed by atoms with E-state index in [9.17, 15) is 28.5 Å². The molecule has 0 aromatic heterocycles. The first-order chi connectivity index (χ1) is 18.7. The quantitative estimate of drug-likeness (QED) is 0.555. The van der Waals surface area contributed by atoms with Crippen molar-refractivity contribution in [2.75, 3.05) is 6.26 Å². The van der Waals surface area contributed by atoms with Gasteiger partial charge >= 0.3 is 6.09 Å². The van der Waals surface area contributed by atoms with Crippen LogP contribution in [0.5, 0.6) is 0 Å². The molecule has 2 amide bonds. The number of nitrogens with zero attached hydrogens (tertiary/aromatic N) is 3. The average Bonchev–Trinajstić information content (AvgIpc) is 3.49. The Hall–Kier alpha value is -3.96. The van der Waals surface area contributed by atoms with E-state index in [1.807, 2.05) is 12.1 Å². The van der Waals surface area contributed by atoms with Gasteiger partial charge in [0.2, 0.25) is 5.91 Å². The molecule has 2 bridgehead atoms. The van der Waals surface area contributed by atoms with Crippen LogP contribution in [0.4, 0.5) is 9.18 Å². The van der Waals surface area contributed by atoms with Crippen LogP contribution in [0.1, 0.15) is 51.2 Å². The molecular formula is C29H31FN4O5S. The van der Waals surface area contributed by atoms with E-state index < -0.39 is 45.3 Å². The molecule has 2 fully saturated rings. The van der Waals surface area contributed by atoms with Crippen LogP contribution >= 0.6 is 0 Å². The first-order valence-electron chi connectivity index (χ1n) is 13.0. The van der Waals surface area contributed by atoms with Crippen LogP contribution in [0, 0.1) is 34.4 Å². The molecule has 0 spiro atoms. The van der Waals surface area contributed by atoms with Gasteiger partial charge in [-0.1, -0.05) is 18.2 Å². The number of fused-ring (bicyclic) bond motifs is 2. The normalized spacial score (nSPS) is 20.9. The number of rotatable bonds is 6. The molecule has 1 heterocycles. The highest BCUT2D eigenvalue weighted by molar-refractivity contribution is 7.90. The summed E-state index contributed by atoms with van der Waals surface area (Å²) in [6.45, 7) is 5.27. The summed E-state index contributed by atoms with van der Waals surface area (Å²) in [7, 11) is -3.60. The van der Waals surface area contributed by atoms with E-state index in [4.69, 9.17) is 4.74 Å². The molecule has 4 atom stereocenters. The Balaban J connectivity index is 1.49. The maximum absolute atomic E-state index is 15.1. The maximum Gasteiger partial charge on any atom is 0.411 e. The standard InChI is InChI=1S/C29H31FN4O5S/c1-29(2,3)39-28(36)34-23-9-7-20(13-23)26(34)27(35)33-22(16-32)12-19-6-5-18(14-24(19)30)17-8-10-25(40(4,37)38)21(11-17)15-31/h5-6,8,10-11,14,20,22-23,26H,7,9,12-13H2,1-4H3,(H,33,35)/t20?,22-,23+,26-/m0/s1. The molecule has 4 rings (SSSR count). The van der Waals surface area contributed by atoms with Gasteiger partial charge in [-0.25, -0.2) is 17.6 Å². The van der Waals surface area contributed by atoms with Crippen LogP contribution in [0.25, 0.3) is 11.1 Å². The third-order valence-corrected chi connectivity index (χ3v) is 8.40. The number of nitriles is 2. The van der Waals surface area contributed by atoms with E-state index in [1.54, 1.807) is 26.8 Å². The molecular weight excluding hydrogens is 535 g/mol. The van der Waals surface area contributed by atoms with Crippen molar-refractivity contribution in [2.45, 2.75) is 75.1 Å². The van der Waals surface area contributed by atoms with Crippen molar-refractivity contribution in [3.63, 3.8) is 0 Å². The van der Waals surface area contributed by atoms with Gasteiger partial charge in [-0.15, -0.1) is 0 Å². The van der Waals surface area contributed by atoms with Crippen molar-refractivity contribution >= 4 is 21.8 Å². The van der Waals surface area contributed by atoms with E-state index in [0.29, 0.717) is 17.5 Å². The second-order valence-electron chi connectivity index (χ2n) is 11.4. The lowest BCUT2D eigenvalue weighted by molar-refractivity contribution is -0.128. The molecule has 1 unspecified atom stereocenters. The van der Waals surface area contributed by atoms with Gasteiger partial charge in [0.25, 0.3) is 0 Å². The molecule has 9 nitrogen and oxygen atoms in total. The Morgan fingerprint density at radius 3 is 2.42 bits per heavy atom. The molecule has 40 heavy (non-hydrogen) atoms. The third-order valence-electron chi connectivity index (χ3n) is 7.24. The predicted octanol–water partition coefficient (Wildman–Crippen LogP) is 4.11. The molecule has 2 aromatic rings. The van der Waals surface area contributed by atoms with Crippen LogP contribution in [0.15, 0.2) is 41.3 Å². The number of piperidine rings is 1. The SMILES string of the molecule is CC(C)(C)OC(=O)N1[C@@H]2CCC(C2)[C@H]1C(=O)N[C@H](C#N)Cc1ccc(-c2ccc(S(C)(=O)=O)c(C#N)c2)cc1F. The number of carbonyl (C=O) groups is 2. The van der Waals surface area contributed by atoms with E-state index in [2.05, 4.69) is 5.32 Å². The number of sulfone groups is 1. The number of hydrogen-bond acceptors (Lipinski definition) is 7. The lowest BCUT2D eigenvalue weighted by Crippen LogP contribution is -2.55. The van der Waals surface area contributed by atoms with Gasteiger partial charge in [-0.05, 0) is 80.8 Å². The maximum atomic E-state index is 15.1. The minimum Gasteiger partial charge on any atom is -0.444 e. The Morgan fingerprint density at radius 2 is 1.82 bits per heavy atom. The molecule has 11 heteroatoms. The lowest BCUT2D eigenvalue weighted by Gasteiger charge is -2.35. The Morgan fingerprint density at radius 1 is 1.15 bits per heavy atom. The number of likely N-dealkylation sites (tertiary alicyclic amines) is 1. The number of halogens is 1. The first-order valence-corrected chi connectivity index (χ1v) is 14.9. The zero-order valence-corrected chi connectivity index (χ0v) is 23.6. The number of hydrogen-bond donors (Lipinski definition) is 1. The summed E-state index contributed by atoms with van der Waals surface area (Å²) in [5.74, 6) is -1.11. The number of nitrogens with one attached hydrogen (secondary N) is 1. The smallest absolute Gasteiger partial charge is 0.411 e. The second kappa shape index (κ2) is 10.9. The van der Waals surface area contributed by atoms with Crippen molar-refractivity contribution in [2.24, 2.45) is 5.92 Å². The topological polar surface area (TPSA) is 140 Å². The van der Waals surface area contributed by atoms with E-state index >= 15 is 4.39 Å². The van der Waals surface area contributed by atoms with Crippen LogP contribution < -0.4 is 5.32 Å². The molecule has 210 valence electrons. The van der Waals surface area contributed by atoms with Crippen molar-refractivity contribution < 1.29 is 27.1 Å². The zero-order valence-electron chi connectivity index (χ0n) is 22.8. The fourth-order valence-corrected chi connectivity index (χ4v) is 6.34. The Labute approximate surface area is 233 Å². The van der Waals surface area contributed by atoms with Gasteiger partial charge in [-0.3, -0.25) is 9.69 Å². The summed E-state index contributed by atoms with van der Waals surface area (Å²) in [5, 5.41) is 21.8. The van der Waals surface area contributed by atoms with E-state index in [1.165, 1.54) is 35.2 Å². The summed E-state index contributed by atoms with van der Waals surface area (Å²) in [4.78, 5) is 27.5. The molecule has 1 saturated carbocycles. The zero-order chi connectivity index (χ0) is 29.4. The molecule has 2 aliphatic rings. The van der Waals surface area contributed by atoms with Gasteiger partial charge in [-0.2, -0.15) is 10.5 Å². The fourth-order valence-electron chi connectivity index (χ4n) is 5.52. The summed E-state index contributed by atoms with van der Waals surface area (Å²) < 4.78 is 44.4. The van der Waals surface area contributed by atoms with E-state index in [-0.39, 0.29) is 34.4 Å². The highest BCUT2D eigenvalue weighted by atomic mass is 32.2. The lowest BCUT2D eigenvalue weighted by atomic mass is 9.96. The minimum atomic E-state index is -3.60. The van der Waals surface area contributed by atoms with Gasteiger partial charge in [0.15, 0.2) is 9.84 Å². The predicted molar refractivity (Wildman–Crippen MR) is 144 cm³/mol. The van der Waals surface area contributed by atoms with Gasteiger partial charge in [0.1, 0.15) is 29.6 Å². The number of amides is 2. The summed E-state index contributed by atoms with van der Waals surface area (Å²) in [6, 6.07) is 10.5. The van der Waals surface area contributed by atoms with Crippen LogP contribution in [0.2, 0.25) is 0 Å². The van der Waals surface area contributed by atoms with Gasteiger partial charge < -0.3 is 10.1 Å². The third kappa shape index (κ3) is 6.10. The molecule has 2 aromatic carbocycles. The minimum absolute atomic E-state index is 0.0275. The number of ether oxygens (including phenoxy) is 1. The van der Waals surface area contributed by atoms with Crippen molar-refractivity contribution in [3.05, 3.63) is 53.3 Å². The van der Waals surface area contributed by atoms with Gasteiger partial charge in [0.05, 0.1) is 16.5 Å². The van der Waals surface area contributed by atoms with Crippen molar-refractivity contribution in [3.8, 4) is 23.3 Å². The monoisotopic (exact) mass is 566 g/mol. The molecule has 0 radical (unpaired) electrons. The fraction of sp³-hybridized carbons (Fsp3) is 0.448. The summed E-state index contributed by atoms with van der Waals surface area (Å²) in [6.07, 6.45) is 2.64. The molecule has 1 aliphatic carbocycles. The molecule has 1 N–H and O–H groups in total. The van der Waals surface area contributed by atoms with Crippen LogP contribution in [0.3, 0.4) is 0 Å². The van der Waals surface area contributed by atoms with Crippen LogP contribution in [-0.4, -0.2) is 55.3 Å². The summed E-state index contributed by atoms with van der Waals surface area (Å²) in [5.41, 5.74) is 0.312. The Kier molecular flexibility index (Phi) is 7.91. The Bertz CT molecular complexity index is 1540.